The van der Waals surface area contributed by atoms with Gasteiger partial charge in [0.05, 0.1) is 0 Å². The molecule has 84 valence electrons. The first-order valence-electron chi connectivity index (χ1n) is 5.26. The third kappa shape index (κ3) is 6.86. The topological polar surface area (TPSA) is 61.4 Å². The zero-order valence-corrected chi connectivity index (χ0v) is 9.18. The van der Waals surface area contributed by atoms with Gasteiger partial charge in [-0.2, -0.15) is 0 Å². The molecule has 1 atom stereocenters. The Morgan fingerprint density at radius 3 is 2.71 bits per heavy atom. The van der Waals surface area contributed by atoms with E-state index < -0.39 is 0 Å². The Kier molecular flexibility index (Phi) is 8.57. The van der Waals surface area contributed by atoms with Gasteiger partial charge in [0.1, 0.15) is 0 Å². The van der Waals surface area contributed by atoms with Crippen molar-refractivity contribution in [1.82, 2.24) is 10.6 Å². The fraction of sp³-hybridized carbons (Fsp3) is 0.900. The number of carbonyl (C=O) groups excluding carboxylic acids is 1. The molecule has 0 heterocycles. The lowest BCUT2D eigenvalue weighted by Gasteiger charge is -2.14. The van der Waals surface area contributed by atoms with Crippen LogP contribution in [0, 0.1) is 5.92 Å². The molecule has 1 amide bonds. The van der Waals surface area contributed by atoms with Crippen molar-refractivity contribution in [3.05, 3.63) is 0 Å². The predicted octanol–water partition coefficient (Wildman–Crippen LogP) is 0.121. The van der Waals surface area contributed by atoms with Gasteiger partial charge in [-0.25, -0.2) is 0 Å². The molecule has 0 spiro atoms. The second-order valence-electron chi connectivity index (χ2n) is 3.44. The Balaban J connectivity index is 3.52. The van der Waals surface area contributed by atoms with Gasteiger partial charge in [-0.3, -0.25) is 4.79 Å². The molecule has 0 fully saturated rings. The van der Waals surface area contributed by atoms with Crippen LogP contribution in [0.4, 0.5) is 0 Å². The van der Waals surface area contributed by atoms with Crippen molar-refractivity contribution in [1.29, 1.82) is 0 Å². The third-order valence-corrected chi connectivity index (χ3v) is 2.30. The SMILES string of the molecule is CCC(CCO)CNC(=O)CCNC. The average Bonchev–Trinajstić information content (AvgIpc) is 2.21. The fourth-order valence-electron chi connectivity index (χ4n) is 1.22. The predicted molar refractivity (Wildman–Crippen MR) is 57.0 cm³/mol. The summed E-state index contributed by atoms with van der Waals surface area (Å²) >= 11 is 0. The summed E-state index contributed by atoms with van der Waals surface area (Å²) in [7, 11) is 1.83. The minimum absolute atomic E-state index is 0.0794. The van der Waals surface area contributed by atoms with Crippen molar-refractivity contribution in [3.63, 3.8) is 0 Å². The molecule has 0 aromatic heterocycles. The molecule has 0 saturated heterocycles. The molecule has 3 N–H and O–H groups in total. The first-order valence-corrected chi connectivity index (χ1v) is 5.26. The summed E-state index contributed by atoms with van der Waals surface area (Å²) in [6.45, 7) is 3.66. The Bertz CT molecular complexity index is 151. The van der Waals surface area contributed by atoms with Crippen LogP contribution in [-0.2, 0) is 4.79 Å². The van der Waals surface area contributed by atoms with Crippen LogP contribution in [0.25, 0.3) is 0 Å². The molecule has 0 saturated carbocycles. The van der Waals surface area contributed by atoms with E-state index in [4.69, 9.17) is 5.11 Å². The monoisotopic (exact) mass is 202 g/mol. The average molecular weight is 202 g/mol. The van der Waals surface area contributed by atoms with Crippen LogP contribution in [0.5, 0.6) is 0 Å². The number of hydrogen-bond donors (Lipinski definition) is 3. The molecule has 0 aromatic carbocycles. The molecule has 0 rings (SSSR count). The van der Waals surface area contributed by atoms with Gasteiger partial charge in [0.25, 0.3) is 0 Å². The van der Waals surface area contributed by atoms with Crippen LogP contribution in [0.15, 0.2) is 0 Å². The summed E-state index contributed by atoms with van der Waals surface area (Å²) in [4.78, 5) is 11.2. The Labute approximate surface area is 86.1 Å². The van der Waals surface area contributed by atoms with Crippen LogP contribution in [0.3, 0.4) is 0 Å². The summed E-state index contributed by atoms with van der Waals surface area (Å²) in [5.41, 5.74) is 0. The molecular formula is C10H22N2O2. The number of nitrogens with one attached hydrogen (secondary N) is 2. The molecule has 0 aliphatic carbocycles. The van der Waals surface area contributed by atoms with E-state index in [0.29, 0.717) is 25.4 Å². The van der Waals surface area contributed by atoms with Gasteiger partial charge in [0, 0.05) is 26.1 Å². The van der Waals surface area contributed by atoms with Crippen LogP contribution >= 0.6 is 0 Å². The minimum atomic E-state index is 0.0794. The minimum Gasteiger partial charge on any atom is -0.396 e. The summed E-state index contributed by atoms with van der Waals surface area (Å²) in [5.74, 6) is 0.481. The van der Waals surface area contributed by atoms with E-state index in [1.807, 2.05) is 7.05 Å². The van der Waals surface area contributed by atoms with Crippen LogP contribution in [-0.4, -0.2) is 37.8 Å². The zero-order chi connectivity index (χ0) is 10.8. The summed E-state index contributed by atoms with van der Waals surface area (Å²) in [6.07, 6.45) is 2.28. The highest BCUT2D eigenvalue weighted by atomic mass is 16.3. The number of aliphatic hydroxyl groups is 1. The first kappa shape index (κ1) is 13.4. The lowest BCUT2D eigenvalue weighted by atomic mass is 10.0. The van der Waals surface area contributed by atoms with E-state index in [9.17, 15) is 4.79 Å². The number of carbonyl (C=O) groups is 1. The molecule has 0 radical (unpaired) electrons. The first-order chi connectivity index (χ1) is 6.74. The maximum atomic E-state index is 11.2. The maximum absolute atomic E-state index is 11.2. The van der Waals surface area contributed by atoms with Crippen molar-refractivity contribution in [2.24, 2.45) is 5.92 Å². The number of amides is 1. The second-order valence-corrected chi connectivity index (χ2v) is 3.44. The molecule has 14 heavy (non-hydrogen) atoms. The van der Waals surface area contributed by atoms with Gasteiger partial charge in [0.2, 0.25) is 5.91 Å². The Morgan fingerprint density at radius 2 is 2.21 bits per heavy atom. The van der Waals surface area contributed by atoms with Gasteiger partial charge in [-0.15, -0.1) is 0 Å². The largest absolute Gasteiger partial charge is 0.396 e. The normalized spacial score (nSPS) is 12.5. The molecule has 0 aliphatic rings. The van der Waals surface area contributed by atoms with Crippen molar-refractivity contribution >= 4 is 5.91 Å². The lowest BCUT2D eigenvalue weighted by molar-refractivity contribution is -0.121. The second kappa shape index (κ2) is 8.97. The number of rotatable bonds is 8. The van der Waals surface area contributed by atoms with E-state index in [1.165, 1.54) is 0 Å². The molecule has 0 aliphatic heterocycles. The summed E-state index contributed by atoms with van der Waals surface area (Å²) in [6, 6.07) is 0. The van der Waals surface area contributed by atoms with Crippen LogP contribution < -0.4 is 10.6 Å². The van der Waals surface area contributed by atoms with E-state index in [-0.39, 0.29) is 12.5 Å². The van der Waals surface area contributed by atoms with Gasteiger partial charge >= 0.3 is 0 Å². The van der Waals surface area contributed by atoms with Gasteiger partial charge in [0.15, 0.2) is 0 Å². The summed E-state index contributed by atoms with van der Waals surface area (Å²) < 4.78 is 0. The molecule has 4 nitrogen and oxygen atoms in total. The fourth-order valence-corrected chi connectivity index (χ4v) is 1.22. The van der Waals surface area contributed by atoms with Gasteiger partial charge in [-0.05, 0) is 19.4 Å². The number of hydrogen-bond acceptors (Lipinski definition) is 3. The molecular weight excluding hydrogens is 180 g/mol. The summed E-state index contributed by atoms with van der Waals surface area (Å²) in [5, 5.41) is 14.5. The Hall–Kier alpha value is -0.610. The number of aliphatic hydroxyl groups excluding tert-OH is 1. The zero-order valence-electron chi connectivity index (χ0n) is 9.18. The van der Waals surface area contributed by atoms with E-state index >= 15 is 0 Å². The third-order valence-electron chi connectivity index (χ3n) is 2.30. The molecule has 0 bridgehead atoms. The highest BCUT2D eigenvalue weighted by molar-refractivity contribution is 5.76. The molecule has 0 aromatic rings. The van der Waals surface area contributed by atoms with Crippen LogP contribution in [0.1, 0.15) is 26.2 Å². The molecule has 4 heteroatoms. The van der Waals surface area contributed by atoms with Crippen molar-refractivity contribution in [3.8, 4) is 0 Å². The smallest absolute Gasteiger partial charge is 0.221 e. The maximum Gasteiger partial charge on any atom is 0.221 e. The van der Waals surface area contributed by atoms with Gasteiger partial charge < -0.3 is 15.7 Å². The standard InChI is InChI=1S/C10H22N2O2/c1-3-9(5-7-13)8-12-10(14)4-6-11-2/h9,11,13H,3-8H2,1-2H3,(H,12,14). The molecule has 1 unspecified atom stereocenters. The van der Waals surface area contributed by atoms with Crippen molar-refractivity contribution in [2.75, 3.05) is 26.7 Å². The lowest BCUT2D eigenvalue weighted by Crippen LogP contribution is -2.31. The highest BCUT2D eigenvalue weighted by Gasteiger charge is 2.07. The van der Waals surface area contributed by atoms with E-state index in [2.05, 4.69) is 17.6 Å². The van der Waals surface area contributed by atoms with Crippen LogP contribution in [0.2, 0.25) is 0 Å². The highest BCUT2D eigenvalue weighted by Crippen LogP contribution is 2.05. The van der Waals surface area contributed by atoms with Crippen molar-refractivity contribution < 1.29 is 9.90 Å². The quantitative estimate of drug-likeness (QED) is 0.524. The van der Waals surface area contributed by atoms with Gasteiger partial charge in [-0.1, -0.05) is 13.3 Å². The van der Waals surface area contributed by atoms with E-state index in [1.54, 1.807) is 0 Å². The Morgan fingerprint density at radius 1 is 1.50 bits per heavy atom. The van der Waals surface area contributed by atoms with E-state index in [0.717, 1.165) is 12.8 Å². The van der Waals surface area contributed by atoms with Crippen molar-refractivity contribution in [2.45, 2.75) is 26.2 Å².